The molecule has 0 spiro atoms. The molecule has 1 aliphatic heterocycles. The molecule has 1 amide bonds. The number of likely N-dealkylation sites (tertiary alicyclic amines) is 1. The summed E-state index contributed by atoms with van der Waals surface area (Å²) in [5.41, 5.74) is 0. The van der Waals surface area contributed by atoms with E-state index in [2.05, 4.69) is 42.9 Å². The molecule has 0 aromatic carbocycles. The van der Waals surface area contributed by atoms with Gasteiger partial charge >= 0.3 is 0 Å². The Morgan fingerprint density at radius 3 is 2.68 bits per heavy atom. The zero-order valence-electron chi connectivity index (χ0n) is 12.3. The minimum atomic E-state index is 0.156. The van der Waals surface area contributed by atoms with Crippen molar-refractivity contribution in [2.24, 2.45) is 11.8 Å². The number of nitrogens with one attached hydrogen (secondary N) is 1. The largest absolute Gasteiger partial charge is 0.342 e. The van der Waals surface area contributed by atoms with Crippen LogP contribution in [-0.4, -0.2) is 39.1 Å². The summed E-state index contributed by atoms with van der Waals surface area (Å²) in [5, 5.41) is 7.28. The van der Waals surface area contributed by atoms with E-state index in [-0.39, 0.29) is 11.8 Å². The molecule has 0 saturated carbocycles. The topological polar surface area (TPSA) is 61.9 Å². The Bertz CT molecular complexity index is 438. The number of carbonyl (C=O) groups is 1. The first-order valence-electron chi connectivity index (χ1n) is 7.14. The van der Waals surface area contributed by atoms with E-state index < -0.39 is 0 Å². The predicted octanol–water partition coefficient (Wildman–Crippen LogP) is 1.98. The van der Waals surface area contributed by atoms with Crippen molar-refractivity contribution in [1.82, 2.24) is 20.1 Å². The fraction of sp³-hybridized carbons (Fsp3) is 0.786. The van der Waals surface area contributed by atoms with Gasteiger partial charge in [-0.2, -0.15) is 5.10 Å². The molecule has 1 saturated heterocycles. The molecule has 0 radical (unpaired) electrons. The Labute approximate surface area is 114 Å². The molecule has 19 heavy (non-hydrogen) atoms. The van der Waals surface area contributed by atoms with E-state index in [0.29, 0.717) is 18.3 Å². The minimum Gasteiger partial charge on any atom is -0.342 e. The van der Waals surface area contributed by atoms with Crippen molar-refractivity contribution >= 4 is 5.91 Å². The van der Waals surface area contributed by atoms with Gasteiger partial charge in [0.2, 0.25) is 5.91 Å². The second-order valence-corrected chi connectivity index (χ2v) is 6.33. The summed E-state index contributed by atoms with van der Waals surface area (Å²) in [6.07, 6.45) is 1.45. The number of aromatic nitrogens is 3. The Kier molecular flexibility index (Phi) is 4.22. The number of H-pyrrole nitrogens is 1. The van der Waals surface area contributed by atoms with Crippen LogP contribution in [0.3, 0.4) is 0 Å². The SMILES string of the molecule is CC(C)Cc1nc([C@H]2CC(=O)N(CC(C)C)C2)n[nH]1. The first-order chi connectivity index (χ1) is 8.95. The molecule has 2 heterocycles. The number of carbonyl (C=O) groups excluding carboxylic acids is 1. The number of nitrogens with zero attached hydrogens (tertiary/aromatic N) is 3. The molecule has 1 fully saturated rings. The third-order valence-electron chi connectivity index (χ3n) is 3.32. The zero-order chi connectivity index (χ0) is 14.0. The van der Waals surface area contributed by atoms with Gasteiger partial charge < -0.3 is 4.90 Å². The molecule has 1 N–H and O–H groups in total. The Morgan fingerprint density at radius 1 is 1.32 bits per heavy atom. The fourth-order valence-corrected chi connectivity index (χ4v) is 2.53. The number of hydrogen-bond donors (Lipinski definition) is 1. The van der Waals surface area contributed by atoms with Crippen LogP contribution in [0.4, 0.5) is 0 Å². The van der Waals surface area contributed by atoms with Crippen molar-refractivity contribution in [2.45, 2.75) is 46.5 Å². The highest BCUT2D eigenvalue weighted by molar-refractivity contribution is 5.79. The van der Waals surface area contributed by atoms with Gasteiger partial charge in [0.25, 0.3) is 0 Å². The van der Waals surface area contributed by atoms with Crippen LogP contribution in [0.25, 0.3) is 0 Å². The van der Waals surface area contributed by atoms with Gasteiger partial charge in [-0.05, 0) is 11.8 Å². The lowest BCUT2D eigenvalue weighted by Gasteiger charge is -2.18. The van der Waals surface area contributed by atoms with Gasteiger partial charge in [0.1, 0.15) is 5.82 Å². The minimum absolute atomic E-state index is 0.156. The first kappa shape index (κ1) is 14.0. The second kappa shape index (κ2) is 5.72. The molecule has 0 aliphatic carbocycles. The van der Waals surface area contributed by atoms with Gasteiger partial charge in [0.05, 0.1) is 0 Å². The predicted molar refractivity (Wildman–Crippen MR) is 73.7 cm³/mol. The molecule has 1 aromatic heterocycles. The number of amides is 1. The maximum Gasteiger partial charge on any atom is 0.223 e. The summed E-state index contributed by atoms with van der Waals surface area (Å²) in [6.45, 7) is 10.2. The molecule has 1 aliphatic rings. The van der Waals surface area contributed by atoms with Gasteiger partial charge in [-0.1, -0.05) is 27.7 Å². The van der Waals surface area contributed by atoms with Crippen LogP contribution in [0.1, 0.15) is 51.7 Å². The molecule has 5 heteroatoms. The third-order valence-corrected chi connectivity index (χ3v) is 3.32. The highest BCUT2D eigenvalue weighted by Crippen LogP contribution is 2.26. The maximum atomic E-state index is 11.9. The van der Waals surface area contributed by atoms with Crippen molar-refractivity contribution in [3.8, 4) is 0 Å². The Morgan fingerprint density at radius 2 is 2.05 bits per heavy atom. The van der Waals surface area contributed by atoms with E-state index in [0.717, 1.165) is 31.2 Å². The molecule has 106 valence electrons. The average molecular weight is 264 g/mol. The maximum absolute atomic E-state index is 11.9. The number of rotatable bonds is 5. The molecule has 0 bridgehead atoms. The number of hydrogen-bond acceptors (Lipinski definition) is 3. The third kappa shape index (κ3) is 3.55. The normalized spacial score (nSPS) is 20.0. The van der Waals surface area contributed by atoms with E-state index in [1.165, 1.54) is 0 Å². The van der Waals surface area contributed by atoms with E-state index in [1.807, 2.05) is 4.90 Å². The van der Waals surface area contributed by atoms with E-state index in [4.69, 9.17) is 0 Å². The molecule has 1 aromatic rings. The highest BCUT2D eigenvalue weighted by atomic mass is 16.2. The zero-order valence-corrected chi connectivity index (χ0v) is 12.3. The average Bonchev–Trinajstić information content (AvgIpc) is 2.85. The van der Waals surface area contributed by atoms with Crippen molar-refractivity contribution in [2.75, 3.05) is 13.1 Å². The molecule has 5 nitrogen and oxygen atoms in total. The monoisotopic (exact) mass is 264 g/mol. The Balaban J connectivity index is 1.99. The van der Waals surface area contributed by atoms with Crippen LogP contribution in [0.2, 0.25) is 0 Å². The van der Waals surface area contributed by atoms with Crippen molar-refractivity contribution in [3.05, 3.63) is 11.6 Å². The van der Waals surface area contributed by atoms with Gasteiger partial charge in [0, 0.05) is 31.8 Å². The van der Waals surface area contributed by atoms with Crippen LogP contribution in [0.5, 0.6) is 0 Å². The molecule has 2 rings (SSSR count). The van der Waals surface area contributed by atoms with Gasteiger partial charge in [-0.3, -0.25) is 9.89 Å². The van der Waals surface area contributed by atoms with Crippen LogP contribution in [0, 0.1) is 11.8 Å². The summed E-state index contributed by atoms with van der Waals surface area (Å²) in [4.78, 5) is 18.4. The van der Waals surface area contributed by atoms with Crippen LogP contribution >= 0.6 is 0 Å². The summed E-state index contributed by atoms with van der Waals surface area (Å²) in [6, 6.07) is 0. The smallest absolute Gasteiger partial charge is 0.223 e. The molecule has 0 unspecified atom stereocenters. The summed E-state index contributed by atoms with van der Waals surface area (Å²) < 4.78 is 0. The lowest BCUT2D eigenvalue weighted by atomic mass is 10.1. The highest BCUT2D eigenvalue weighted by Gasteiger charge is 2.33. The van der Waals surface area contributed by atoms with Crippen molar-refractivity contribution < 1.29 is 4.79 Å². The summed E-state index contributed by atoms with van der Waals surface area (Å²) in [7, 11) is 0. The van der Waals surface area contributed by atoms with Crippen molar-refractivity contribution in [3.63, 3.8) is 0 Å². The van der Waals surface area contributed by atoms with Gasteiger partial charge in [0.15, 0.2) is 5.82 Å². The second-order valence-electron chi connectivity index (χ2n) is 6.33. The van der Waals surface area contributed by atoms with Crippen LogP contribution in [0.15, 0.2) is 0 Å². The first-order valence-corrected chi connectivity index (χ1v) is 7.14. The van der Waals surface area contributed by atoms with Gasteiger partial charge in [-0.15, -0.1) is 0 Å². The number of aromatic amines is 1. The quantitative estimate of drug-likeness (QED) is 0.884. The molecule has 1 atom stereocenters. The molecular weight excluding hydrogens is 240 g/mol. The van der Waals surface area contributed by atoms with Crippen molar-refractivity contribution in [1.29, 1.82) is 0 Å². The van der Waals surface area contributed by atoms with E-state index >= 15 is 0 Å². The fourth-order valence-electron chi connectivity index (χ4n) is 2.53. The standard InChI is InChI=1S/C14H24N4O/c1-9(2)5-12-15-14(17-16-12)11-6-13(19)18(8-11)7-10(3)4/h9-11H,5-8H2,1-4H3,(H,15,16,17)/t11-/m0/s1. The Hall–Kier alpha value is -1.39. The van der Waals surface area contributed by atoms with E-state index in [1.54, 1.807) is 0 Å². The lowest BCUT2D eigenvalue weighted by molar-refractivity contribution is -0.128. The molecular formula is C14H24N4O. The lowest BCUT2D eigenvalue weighted by Crippen LogP contribution is -2.29. The van der Waals surface area contributed by atoms with Crippen LogP contribution in [-0.2, 0) is 11.2 Å². The van der Waals surface area contributed by atoms with E-state index in [9.17, 15) is 4.79 Å². The van der Waals surface area contributed by atoms with Gasteiger partial charge in [-0.25, -0.2) is 4.98 Å². The summed E-state index contributed by atoms with van der Waals surface area (Å²) >= 11 is 0. The van der Waals surface area contributed by atoms with Crippen LogP contribution < -0.4 is 0 Å². The summed E-state index contributed by atoms with van der Waals surface area (Å²) in [5.74, 6) is 3.18.